The second-order valence-corrected chi connectivity index (χ2v) is 20.6. The van der Waals surface area contributed by atoms with Crippen molar-refractivity contribution in [2.45, 2.75) is 49.0 Å². The van der Waals surface area contributed by atoms with E-state index in [4.69, 9.17) is 29.8 Å². The molecule has 6 aromatic rings. The number of pyridine rings is 2. The number of rotatable bonds is 15. The molecule has 2 aromatic heterocycles. The Bertz CT molecular complexity index is 2990. The number of carboxylic acids is 1. The average Bonchev–Trinajstić information content (AvgIpc) is 3.38. The molecule has 0 atom stereocenters. The summed E-state index contributed by atoms with van der Waals surface area (Å²) in [5.74, 6) is -4.67. The molecule has 0 aliphatic rings. The molecule has 0 fully saturated rings. The summed E-state index contributed by atoms with van der Waals surface area (Å²) in [5.41, 5.74) is 6.97. The Kier molecular flexibility index (Phi) is 34.7. The van der Waals surface area contributed by atoms with E-state index in [-0.39, 0.29) is 68.2 Å². The van der Waals surface area contributed by atoms with Crippen molar-refractivity contribution in [2.24, 2.45) is 0 Å². The molecule has 0 radical (unpaired) electrons. The molecule has 20 nitrogen and oxygen atoms in total. The Hall–Kier alpha value is -7.90. The van der Waals surface area contributed by atoms with E-state index in [2.05, 4.69) is 58.5 Å². The van der Waals surface area contributed by atoms with Gasteiger partial charge >= 0.3 is 41.0 Å². The Morgan fingerprint density at radius 3 is 1.30 bits per heavy atom. The SMILES string of the molecule is C.CCOC(=O)C(=CNc1ccccc1)C(=O)OCC.CCOC(=O)c1c[nH]c2ccccc2c1=O.CCOC=C(C(=O)OCC)C(=O)OCC.Nc1ccccc1.O=C(O)c1c[nH]c2ccccc2c1=O.O=P(Cl)(Cl)Cl. The largest absolute Gasteiger partial charge is 0.500 e. The van der Waals surface area contributed by atoms with Crippen molar-refractivity contribution in [1.82, 2.24) is 9.97 Å². The van der Waals surface area contributed by atoms with Crippen molar-refractivity contribution in [3.8, 4) is 0 Å². The lowest BCUT2D eigenvalue weighted by atomic mass is 10.1. The van der Waals surface area contributed by atoms with Crippen molar-refractivity contribution >= 4 is 108 Å². The van der Waals surface area contributed by atoms with Crippen LogP contribution < -0.4 is 21.9 Å². The first-order chi connectivity index (χ1) is 36.2. The number of hydrogen-bond donors (Lipinski definition) is 5. The monoisotopic (exact) mass is 1150 g/mol. The third-order valence-electron chi connectivity index (χ3n) is 8.61. The Balaban J connectivity index is 0.000000932. The molecule has 6 N–H and O–H groups in total. The summed E-state index contributed by atoms with van der Waals surface area (Å²) < 4.78 is 38.2. The number of hydrogen-bond acceptors (Lipinski definition) is 17. The highest BCUT2D eigenvalue weighted by Crippen LogP contribution is 2.61. The highest BCUT2D eigenvalue weighted by Gasteiger charge is 2.22. The molecule has 0 spiro atoms. The van der Waals surface area contributed by atoms with Gasteiger partial charge < -0.3 is 54.5 Å². The average molecular weight is 1150 g/mol. The normalized spacial score (nSPS) is 9.62. The topological polar surface area (TPSA) is 299 Å². The molecule has 0 aliphatic carbocycles. The number of carboxylic acid groups (broad SMARTS) is 1. The minimum Gasteiger partial charge on any atom is -0.500 e. The van der Waals surface area contributed by atoms with Crippen LogP contribution in [-0.4, -0.2) is 90.5 Å². The molecule has 0 aliphatic heterocycles. The predicted octanol–water partition coefficient (Wildman–Crippen LogP) is 10.8. The van der Waals surface area contributed by atoms with Crippen molar-refractivity contribution in [2.75, 3.05) is 50.7 Å². The number of fused-ring (bicyclic) bond motifs is 2. The van der Waals surface area contributed by atoms with Gasteiger partial charge in [-0.15, -0.1) is 0 Å². The van der Waals surface area contributed by atoms with Gasteiger partial charge in [0.1, 0.15) is 17.4 Å². The third-order valence-corrected chi connectivity index (χ3v) is 8.61. The fourth-order valence-electron chi connectivity index (χ4n) is 5.38. The Morgan fingerprint density at radius 2 is 0.922 bits per heavy atom. The minimum atomic E-state index is -3.22. The van der Waals surface area contributed by atoms with Crippen LogP contribution in [0, 0.1) is 0 Å². The predicted molar refractivity (Wildman–Crippen MR) is 299 cm³/mol. The molecule has 0 unspecified atom stereocenters. The van der Waals surface area contributed by atoms with Gasteiger partial charge in [-0.05, 0) is 124 Å². The number of carbonyl (C=O) groups excluding carboxylic acids is 5. The number of para-hydroxylation sites is 4. The number of carbonyl (C=O) groups is 6. The summed E-state index contributed by atoms with van der Waals surface area (Å²) in [4.78, 5) is 97.2. The van der Waals surface area contributed by atoms with Gasteiger partial charge in [0.2, 0.25) is 10.9 Å². The van der Waals surface area contributed by atoms with E-state index in [9.17, 15) is 42.9 Å². The Morgan fingerprint density at radius 1 is 0.558 bits per heavy atom. The van der Waals surface area contributed by atoms with Crippen molar-refractivity contribution < 1.29 is 66.9 Å². The van der Waals surface area contributed by atoms with Crippen molar-refractivity contribution in [1.29, 1.82) is 0 Å². The van der Waals surface area contributed by atoms with Gasteiger partial charge in [0.15, 0.2) is 11.1 Å². The summed E-state index contributed by atoms with van der Waals surface area (Å²) in [7, 11) is 0. The maximum atomic E-state index is 11.9. The van der Waals surface area contributed by atoms with Gasteiger partial charge in [-0.3, -0.25) is 14.2 Å². The molecule has 77 heavy (non-hydrogen) atoms. The smallest absolute Gasteiger partial charge is 0.348 e. The van der Waals surface area contributed by atoms with Gasteiger partial charge in [0.05, 0.1) is 39.6 Å². The van der Waals surface area contributed by atoms with Crippen molar-refractivity contribution in [3.05, 3.63) is 177 Å². The lowest BCUT2D eigenvalue weighted by Crippen LogP contribution is -2.19. The van der Waals surface area contributed by atoms with Gasteiger partial charge in [-0.1, -0.05) is 68.1 Å². The highest BCUT2D eigenvalue weighted by atomic mass is 36.0. The van der Waals surface area contributed by atoms with Gasteiger partial charge in [-0.2, -0.15) is 0 Å². The van der Waals surface area contributed by atoms with Gasteiger partial charge in [0.25, 0.3) is 0 Å². The van der Waals surface area contributed by atoms with E-state index in [0.29, 0.717) is 28.4 Å². The molecule has 4 aromatic carbocycles. The van der Waals surface area contributed by atoms with Crippen LogP contribution in [0.4, 0.5) is 11.4 Å². The zero-order valence-electron chi connectivity index (χ0n) is 42.2. The van der Waals surface area contributed by atoms with Crippen LogP contribution in [-0.2, 0) is 52.2 Å². The summed E-state index contributed by atoms with van der Waals surface area (Å²) in [5, 5.41) is 9.23. The van der Waals surface area contributed by atoms with E-state index in [1.807, 2.05) is 66.7 Å². The number of aromatic nitrogens is 2. The minimum absolute atomic E-state index is 0. The number of nitrogens with one attached hydrogen (secondary N) is 3. The van der Waals surface area contributed by atoms with Crippen molar-refractivity contribution in [3.63, 3.8) is 0 Å². The third kappa shape index (κ3) is 27.5. The number of ether oxygens (including phenoxy) is 6. The van der Waals surface area contributed by atoms with E-state index in [0.717, 1.165) is 17.6 Å². The van der Waals surface area contributed by atoms with Crippen LogP contribution >= 0.6 is 38.9 Å². The standard InChI is InChI=1S/C14H17NO4.C12H11NO3.C10H7NO3.C10H16O5.C6H7N.CH4.Cl3OP/c1-3-18-13(16)12(14(17)19-4-2)10-15-11-8-6-5-7-9-11;1-2-16-12(15)9-7-13-10-6-4-3-5-8(10)11(9)14;12-9-6-3-1-2-4-8(6)11-5-7(9)10(13)14;1-4-13-7-8(9(11)14-5-2)10(12)15-6-3;7-6-4-2-1-3-5-6;;1-5(2,3)4/h5-10,15H,3-4H2,1-2H3;3-7H,2H2,1H3,(H,13,14);1-5H,(H,11,12)(H,13,14);7H,4-6H2,1-3H3;1-5H,7H2;1H4;. The number of halogens is 3. The molecular weight excluding hydrogens is 1090 g/mol. The first kappa shape index (κ1) is 69.1. The van der Waals surface area contributed by atoms with Crippen LogP contribution in [0.3, 0.4) is 0 Å². The molecule has 0 saturated heterocycles. The number of aromatic amines is 2. The Labute approximate surface area is 459 Å². The van der Waals surface area contributed by atoms with Gasteiger partial charge in [-0.25, -0.2) is 28.8 Å². The molecule has 6 rings (SSSR count). The molecule has 24 heteroatoms. The van der Waals surface area contributed by atoms with E-state index in [1.165, 1.54) is 18.6 Å². The summed E-state index contributed by atoms with van der Waals surface area (Å²) in [6.07, 6.45) is 4.97. The van der Waals surface area contributed by atoms with Crippen LogP contribution in [0.15, 0.2) is 155 Å². The fourth-order valence-corrected chi connectivity index (χ4v) is 5.38. The first-order valence-corrected chi connectivity index (χ1v) is 27.2. The maximum Gasteiger partial charge on any atom is 0.348 e. The van der Waals surface area contributed by atoms with Crippen LogP contribution in [0.1, 0.15) is 69.7 Å². The number of nitrogens with two attached hydrogens (primary N) is 1. The quantitative estimate of drug-likeness (QED) is 0.00933. The number of nitrogen functional groups attached to an aromatic ring is 1. The van der Waals surface area contributed by atoms with E-state index < -0.39 is 46.4 Å². The zero-order chi connectivity index (χ0) is 57.1. The molecule has 0 amide bonds. The summed E-state index contributed by atoms with van der Waals surface area (Å²) in [6, 6.07) is 32.5. The fraction of sp³-hybridized carbons (Fsp3) is 0.245. The number of anilines is 2. The first-order valence-electron chi connectivity index (χ1n) is 22.8. The molecule has 0 saturated carbocycles. The van der Waals surface area contributed by atoms with Gasteiger partial charge in [0, 0.05) is 51.8 Å². The van der Waals surface area contributed by atoms with Crippen LogP contribution in [0.2, 0.25) is 0 Å². The van der Waals surface area contributed by atoms with Crippen LogP contribution in [0.25, 0.3) is 21.8 Å². The van der Waals surface area contributed by atoms with Crippen LogP contribution in [0.5, 0.6) is 0 Å². The summed E-state index contributed by atoms with van der Waals surface area (Å²) in [6.45, 7) is 11.5. The second kappa shape index (κ2) is 38.6. The molecular formula is C53H62Cl3N4O16P. The maximum absolute atomic E-state index is 11.9. The number of aromatic carboxylic acids is 1. The molecule has 0 bridgehead atoms. The molecule has 2 heterocycles. The second-order valence-electron chi connectivity index (χ2n) is 13.9. The highest BCUT2D eigenvalue weighted by molar-refractivity contribution is 8.24. The van der Waals surface area contributed by atoms with E-state index in [1.54, 1.807) is 84.0 Å². The number of benzene rings is 4. The lowest BCUT2D eigenvalue weighted by Gasteiger charge is -2.07. The zero-order valence-corrected chi connectivity index (χ0v) is 45.3. The lowest BCUT2D eigenvalue weighted by molar-refractivity contribution is -0.148. The summed E-state index contributed by atoms with van der Waals surface area (Å²) >= 11 is 13.8. The molecule has 416 valence electrons. The number of H-pyrrole nitrogens is 2. The number of esters is 5. The van der Waals surface area contributed by atoms with E-state index >= 15 is 0 Å².